The molecule has 0 radical (unpaired) electrons. The van der Waals surface area contributed by atoms with Crippen molar-refractivity contribution in [2.24, 2.45) is 17.8 Å². The molecule has 6 aliphatic heterocycles. The van der Waals surface area contributed by atoms with Gasteiger partial charge in [-0.25, -0.2) is 19.4 Å². The van der Waals surface area contributed by atoms with Gasteiger partial charge in [-0.2, -0.15) is 9.59 Å². The first kappa shape index (κ1) is 107. The van der Waals surface area contributed by atoms with Crippen LogP contribution in [0.2, 0.25) is 0 Å². The Morgan fingerprint density at radius 3 is 1.47 bits per heavy atom. The number of anilines is 3. The molecule has 10 amide bonds. The van der Waals surface area contributed by atoms with Crippen molar-refractivity contribution in [1.29, 1.82) is 0 Å². The molecule has 0 bridgehead atoms. The Morgan fingerprint density at radius 2 is 1.01 bits per heavy atom. The number of carbonyl (C=O) groups excluding carboxylic acids is 12. The Labute approximate surface area is 778 Å². The summed E-state index contributed by atoms with van der Waals surface area (Å²) < 4.78 is 90.4. The van der Waals surface area contributed by atoms with Crippen molar-refractivity contribution in [1.82, 2.24) is 30.7 Å². The molecule has 0 aromatic heterocycles. The van der Waals surface area contributed by atoms with Crippen LogP contribution in [0.15, 0.2) is 90.3 Å². The highest BCUT2D eigenvalue weighted by Gasteiger charge is 2.49. The SMILES string of the molecule is COc1cc2c(cc1OCCCOc1cc3c(cc1OC)C(=O)N1C=C(C)C[C@H]1[C@H](O)N3C(=O)OCc1ccc(O[C@@H]3OC[C@@H](O)[C@H](O)[C@H]3O)c([N+](=O)[O-])c1)N(C(=O)OCc1ccc(NC(=O)[C@H](C)NC(=O)[C@@H](NC(=O)CCOCCOCCOCCOCCOCCOCCOCCOCCNC(=O)CCN3C(=O)CC(C(C)C)C3=O)C(C)C)cc1)[C@@H](O)[C@@H]1CC(C)=CN1C2=O.O=C=O. The summed E-state index contributed by atoms with van der Waals surface area (Å²) in [5.74, 6) is -4.30. The van der Waals surface area contributed by atoms with E-state index in [2.05, 4.69) is 21.3 Å². The molecule has 4 aromatic rings. The van der Waals surface area contributed by atoms with Gasteiger partial charge in [-0.05, 0) is 86.9 Å². The smallest absolute Gasteiger partial charge is 0.416 e. The molecule has 10 rings (SSSR count). The Morgan fingerprint density at radius 1 is 0.548 bits per heavy atom. The van der Waals surface area contributed by atoms with E-state index in [9.17, 15) is 83.6 Å². The van der Waals surface area contributed by atoms with Crippen LogP contribution in [-0.2, 0) is 104 Å². The van der Waals surface area contributed by atoms with Gasteiger partial charge in [0.15, 0.2) is 41.2 Å². The van der Waals surface area contributed by atoms with Crippen molar-refractivity contribution in [2.75, 3.05) is 168 Å². The maximum Gasteiger partial charge on any atom is 0.416 e. The number of nitro groups is 1. The zero-order valence-electron chi connectivity index (χ0n) is 76.7. The molecule has 11 atom stereocenters. The van der Waals surface area contributed by atoms with E-state index in [0.717, 1.165) is 27.5 Å². The third kappa shape index (κ3) is 30.3. The molecule has 45 heteroatoms. The molecule has 6 aliphatic rings. The third-order valence-electron chi connectivity index (χ3n) is 22.1. The molecule has 0 saturated carbocycles. The summed E-state index contributed by atoms with van der Waals surface area (Å²) in [6.45, 7) is 16.2. The van der Waals surface area contributed by atoms with E-state index in [1.54, 1.807) is 64.4 Å². The number of benzene rings is 4. The molecule has 740 valence electrons. The number of aliphatic hydroxyl groups excluding tert-OH is 5. The van der Waals surface area contributed by atoms with Crippen molar-refractivity contribution in [3.8, 4) is 28.7 Å². The largest absolute Gasteiger partial charge is 0.493 e. The predicted molar refractivity (Wildman–Crippen MR) is 470 cm³/mol. The van der Waals surface area contributed by atoms with Crippen molar-refractivity contribution in [3.05, 3.63) is 123 Å². The van der Waals surface area contributed by atoms with E-state index in [0.29, 0.717) is 109 Å². The minimum Gasteiger partial charge on any atom is -0.493 e. The normalized spacial score (nSPS) is 19.9. The lowest BCUT2D eigenvalue weighted by atomic mass is 9.94. The molecule has 135 heavy (non-hydrogen) atoms. The summed E-state index contributed by atoms with van der Waals surface area (Å²) in [5.41, 5.74) is 1.33. The molecule has 45 nitrogen and oxygen atoms in total. The van der Waals surface area contributed by atoms with Gasteiger partial charge in [-0.15, -0.1) is 0 Å². The number of hydrogen-bond acceptors (Lipinski definition) is 35. The van der Waals surface area contributed by atoms with Crippen LogP contribution in [0.3, 0.4) is 0 Å². The molecular weight excluding hydrogens is 1780 g/mol. The zero-order chi connectivity index (χ0) is 98.0. The number of rotatable bonds is 52. The van der Waals surface area contributed by atoms with Gasteiger partial charge < -0.3 is 132 Å². The lowest BCUT2D eigenvalue weighted by molar-refractivity contribution is -0.386. The summed E-state index contributed by atoms with van der Waals surface area (Å²) in [6, 6.07) is 11.2. The van der Waals surface area contributed by atoms with Gasteiger partial charge in [0.25, 0.3) is 11.8 Å². The van der Waals surface area contributed by atoms with E-state index in [1.165, 1.54) is 66.2 Å². The fourth-order valence-electron chi connectivity index (χ4n) is 14.9. The van der Waals surface area contributed by atoms with Crippen LogP contribution in [0.5, 0.6) is 28.7 Å². The average Bonchev–Trinajstić information content (AvgIpc) is 1.61. The summed E-state index contributed by atoms with van der Waals surface area (Å²) in [4.78, 5) is 168. The second-order valence-electron chi connectivity index (χ2n) is 32.6. The molecular formula is C90H120N10O35. The number of ether oxygens (including phenoxy) is 16. The number of hydrogen-bond donors (Lipinski definition) is 9. The van der Waals surface area contributed by atoms with Crippen molar-refractivity contribution >= 4 is 88.3 Å². The standard InChI is InChI=1S/C89H120N10O33.CO2/c1-52(2)60-44-76(103)94(82(60)108)20-17-74(101)90-19-24-120-26-28-122-30-32-124-34-36-126-38-37-125-35-33-123-31-29-121-27-25-119-23-18-75(102)93-77(53(3)4)81(107)91-56(7)80(106)92-59-14-11-57(12-15-59)49-130-88(113)97-63-45-72(70(117-8)42-61(63)83(109)95-47-54(5)39-66(95)85(97)111)127-21-10-22-128-73-46-64-62(43-71(73)118-9)84(110)96-48-55(6)40-67(96)86(112)98(64)89(114)131-50-58-13-16-69(65(41-58)99(115)116)132-87-79(105)78(104)68(100)51-129-87;2-1-3/h11-16,41-43,45-48,52-53,56,60,66-68,77-79,85-87,100,104-105,111-112H,10,17-40,44,49-51H2,1-9H3,(H,90,101)(H,91,107)(H,92,106)(H,93,102);/t56-,60?,66-,67-,68+,77-,78-,79+,85-,86-,87-;/m0./s1. The summed E-state index contributed by atoms with van der Waals surface area (Å²) >= 11 is 0. The molecule has 6 heterocycles. The fraction of sp³-hybridized carbons (Fsp3) is 0.567. The number of nitrogens with one attached hydrogen (secondary N) is 4. The van der Waals surface area contributed by atoms with Crippen LogP contribution in [0, 0.1) is 27.9 Å². The number of carbonyl (C=O) groups is 10. The van der Waals surface area contributed by atoms with Crippen LogP contribution in [0.4, 0.5) is 32.3 Å². The van der Waals surface area contributed by atoms with E-state index < -0.39 is 127 Å². The van der Waals surface area contributed by atoms with Crippen LogP contribution in [-0.4, -0.2) is 325 Å². The second-order valence-corrected chi connectivity index (χ2v) is 32.6. The number of methoxy groups -OCH3 is 2. The molecule has 2 saturated heterocycles. The minimum atomic E-state index is -1.77. The Kier molecular flexibility index (Phi) is 42.2. The Balaban J connectivity index is 0.00000672. The van der Waals surface area contributed by atoms with Crippen molar-refractivity contribution in [3.63, 3.8) is 0 Å². The number of fused-ring (bicyclic) bond motifs is 4. The number of aliphatic hydroxyl groups is 5. The van der Waals surface area contributed by atoms with Crippen molar-refractivity contribution < 1.29 is 164 Å². The summed E-state index contributed by atoms with van der Waals surface area (Å²) in [5, 5.41) is 77.7. The average molecular weight is 1900 g/mol. The highest BCUT2D eigenvalue weighted by molar-refractivity contribution is 6.08. The highest BCUT2D eigenvalue weighted by atomic mass is 16.7. The van der Waals surface area contributed by atoms with E-state index >= 15 is 0 Å². The summed E-state index contributed by atoms with van der Waals surface area (Å²) in [7, 11) is 2.67. The van der Waals surface area contributed by atoms with Crippen LogP contribution in [0.25, 0.3) is 0 Å². The molecule has 9 N–H and O–H groups in total. The maximum absolute atomic E-state index is 14.5. The molecule has 0 spiro atoms. The highest BCUT2D eigenvalue weighted by Crippen LogP contribution is 2.45. The van der Waals surface area contributed by atoms with Gasteiger partial charge in [0.05, 0.1) is 179 Å². The van der Waals surface area contributed by atoms with Gasteiger partial charge in [0, 0.05) is 81.0 Å². The first-order valence-electron chi connectivity index (χ1n) is 44.1. The first-order chi connectivity index (χ1) is 64.8. The van der Waals surface area contributed by atoms with Gasteiger partial charge >= 0.3 is 24.0 Å². The maximum atomic E-state index is 14.5. The number of likely N-dealkylation sites (tertiary alicyclic amines) is 1. The Hall–Kier alpha value is -11.9. The van der Waals surface area contributed by atoms with Crippen LogP contribution < -0.4 is 54.8 Å². The van der Waals surface area contributed by atoms with Gasteiger partial charge in [0.2, 0.25) is 41.7 Å². The van der Waals surface area contributed by atoms with Crippen LogP contribution in [0.1, 0.15) is 119 Å². The topological polar surface area (TPSA) is 561 Å². The van der Waals surface area contributed by atoms with Crippen LogP contribution >= 0.6 is 0 Å². The predicted octanol–water partition coefficient (Wildman–Crippen LogP) is 3.53. The van der Waals surface area contributed by atoms with Crippen molar-refractivity contribution in [2.45, 2.75) is 161 Å². The monoisotopic (exact) mass is 1900 g/mol. The second kappa shape index (κ2) is 53.4. The molecule has 0 aliphatic carbocycles. The third-order valence-corrected chi connectivity index (χ3v) is 22.1. The number of amides is 10. The molecule has 1 unspecified atom stereocenters. The van der Waals surface area contributed by atoms with E-state index in [1.807, 2.05) is 13.8 Å². The molecule has 4 aromatic carbocycles. The number of nitrogens with zero attached hydrogens (tertiary/aromatic N) is 6. The summed E-state index contributed by atoms with van der Waals surface area (Å²) in [6.07, 6.45) is -7.98. The zero-order valence-corrected chi connectivity index (χ0v) is 76.7. The van der Waals surface area contributed by atoms with Gasteiger partial charge in [-0.3, -0.25) is 53.4 Å². The lowest BCUT2D eigenvalue weighted by Gasteiger charge is -2.34. The quantitative estimate of drug-likeness (QED) is 0.0132. The first-order valence-corrected chi connectivity index (χ1v) is 44.1. The number of nitro benzene ring substituents is 1. The minimum absolute atomic E-state index is 0.00375. The number of imide groups is 1. The van der Waals surface area contributed by atoms with E-state index in [4.69, 9.17) is 85.4 Å². The van der Waals surface area contributed by atoms with Gasteiger partial charge in [0.1, 0.15) is 43.6 Å². The Bertz CT molecular complexity index is 4800. The van der Waals surface area contributed by atoms with E-state index in [-0.39, 0.29) is 183 Å². The fourth-order valence-corrected chi connectivity index (χ4v) is 14.9. The lowest BCUT2D eigenvalue weighted by Crippen LogP contribution is -2.54. The molecule has 2 fully saturated rings. The van der Waals surface area contributed by atoms with Gasteiger partial charge in [-0.1, -0.05) is 57.0 Å².